The number of phenols is 1. The van der Waals surface area contributed by atoms with Crippen molar-refractivity contribution in [3.63, 3.8) is 0 Å². The molecule has 0 atom stereocenters. The van der Waals surface area contributed by atoms with Crippen LogP contribution in [0.15, 0.2) is 76.4 Å². The molecule has 4 rings (SSSR count). The smallest absolute Gasteiger partial charge is 0.257 e. The third-order valence-electron chi connectivity index (χ3n) is 5.09. The highest BCUT2D eigenvalue weighted by molar-refractivity contribution is 5.88. The molecule has 168 valence electrons. The number of carbonyl (C=O) groups is 1. The van der Waals surface area contributed by atoms with E-state index in [9.17, 15) is 14.7 Å². The summed E-state index contributed by atoms with van der Waals surface area (Å²) in [6, 6.07) is 13.5. The van der Waals surface area contributed by atoms with E-state index in [1.54, 1.807) is 43.8 Å². The molecule has 0 saturated carbocycles. The van der Waals surface area contributed by atoms with Crippen LogP contribution >= 0.6 is 0 Å². The number of hydrogen-bond donors (Lipinski definition) is 2. The number of hydrogen-bond acceptors (Lipinski definition) is 7. The Labute approximate surface area is 189 Å². The van der Waals surface area contributed by atoms with Crippen LogP contribution in [0.4, 0.5) is 0 Å². The molecule has 0 aliphatic carbocycles. The van der Waals surface area contributed by atoms with Crippen LogP contribution in [0.3, 0.4) is 0 Å². The van der Waals surface area contributed by atoms with Crippen LogP contribution in [0.25, 0.3) is 22.1 Å². The van der Waals surface area contributed by atoms with Crippen LogP contribution < -0.4 is 20.2 Å². The number of aromatic hydroxyl groups is 1. The third-order valence-corrected chi connectivity index (χ3v) is 5.09. The van der Waals surface area contributed by atoms with Crippen LogP contribution in [0.2, 0.25) is 0 Å². The number of nitrogens with zero attached hydrogens (tertiary/aromatic N) is 1. The van der Waals surface area contributed by atoms with E-state index in [1.807, 2.05) is 12.1 Å². The van der Waals surface area contributed by atoms with Crippen LogP contribution in [0.1, 0.15) is 5.56 Å². The van der Waals surface area contributed by atoms with Gasteiger partial charge in [0.15, 0.2) is 6.61 Å². The van der Waals surface area contributed by atoms with Crippen LogP contribution in [0.5, 0.6) is 17.2 Å². The Bertz CT molecular complexity index is 1320. The first kappa shape index (κ1) is 21.9. The molecule has 2 N–H and O–H groups in total. The quantitative estimate of drug-likeness (QED) is 0.427. The summed E-state index contributed by atoms with van der Waals surface area (Å²) in [6.45, 7) is 0.216. The number of pyridine rings is 1. The van der Waals surface area contributed by atoms with Crippen molar-refractivity contribution in [2.75, 3.05) is 20.3 Å². The van der Waals surface area contributed by atoms with Gasteiger partial charge in [-0.2, -0.15) is 0 Å². The Morgan fingerprint density at radius 1 is 1.09 bits per heavy atom. The van der Waals surface area contributed by atoms with Gasteiger partial charge in [-0.25, -0.2) is 0 Å². The molecule has 1 amide bonds. The van der Waals surface area contributed by atoms with E-state index in [2.05, 4.69) is 10.3 Å². The summed E-state index contributed by atoms with van der Waals surface area (Å²) in [7, 11) is 1.56. The number of nitrogens with one attached hydrogen (secondary N) is 1. The number of carbonyl (C=O) groups excluding carboxylic acids is 1. The normalized spacial score (nSPS) is 10.7. The highest BCUT2D eigenvalue weighted by Crippen LogP contribution is 2.30. The van der Waals surface area contributed by atoms with Crippen molar-refractivity contribution in [2.45, 2.75) is 6.42 Å². The van der Waals surface area contributed by atoms with Crippen molar-refractivity contribution in [3.8, 4) is 28.4 Å². The lowest BCUT2D eigenvalue weighted by Gasteiger charge is -2.10. The summed E-state index contributed by atoms with van der Waals surface area (Å²) in [5, 5.41) is 13.3. The Hall–Kier alpha value is -4.33. The highest BCUT2D eigenvalue weighted by atomic mass is 16.5. The Kier molecular flexibility index (Phi) is 6.54. The number of aromatic nitrogens is 1. The maximum atomic E-state index is 13.0. The first-order valence-corrected chi connectivity index (χ1v) is 10.3. The fraction of sp³-hybridized carbons (Fsp3) is 0.160. The number of ether oxygens (including phenoxy) is 2. The number of phenolic OH excluding ortho intramolecular Hbond substituents is 1. The summed E-state index contributed by atoms with van der Waals surface area (Å²) < 4.78 is 16.2. The van der Waals surface area contributed by atoms with E-state index in [1.165, 1.54) is 18.4 Å². The van der Waals surface area contributed by atoms with Crippen molar-refractivity contribution in [3.05, 3.63) is 83.0 Å². The average molecular weight is 446 g/mol. The van der Waals surface area contributed by atoms with Gasteiger partial charge in [0.2, 0.25) is 5.43 Å². The van der Waals surface area contributed by atoms with Gasteiger partial charge in [-0.05, 0) is 41.8 Å². The third kappa shape index (κ3) is 5.12. The molecule has 2 heterocycles. The monoisotopic (exact) mass is 446 g/mol. The number of fused-ring (bicyclic) bond motifs is 1. The topological polar surface area (TPSA) is 111 Å². The summed E-state index contributed by atoms with van der Waals surface area (Å²) in [6.07, 6.45) is 5.41. The Morgan fingerprint density at radius 3 is 2.58 bits per heavy atom. The second-order valence-corrected chi connectivity index (χ2v) is 7.27. The zero-order chi connectivity index (χ0) is 23.2. The lowest BCUT2D eigenvalue weighted by Crippen LogP contribution is -2.30. The fourth-order valence-electron chi connectivity index (χ4n) is 3.36. The minimum Gasteiger partial charge on any atom is -0.507 e. The van der Waals surface area contributed by atoms with Crippen molar-refractivity contribution in [1.29, 1.82) is 0 Å². The van der Waals surface area contributed by atoms with E-state index in [4.69, 9.17) is 13.9 Å². The van der Waals surface area contributed by atoms with Gasteiger partial charge in [-0.15, -0.1) is 0 Å². The molecule has 0 radical (unpaired) electrons. The molecule has 0 fully saturated rings. The molecule has 2 aromatic carbocycles. The number of rotatable bonds is 8. The second-order valence-electron chi connectivity index (χ2n) is 7.27. The average Bonchev–Trinajstić information content (AvgIpc) is 2.83. The van der Waals surface area contributed by atoms with Crippen molar-refractivity contribution in [2.24, 2.45) is 0 Å². The van der Waals surface area contributed by atoms with E-state index in [0.29, 0.717) is 29.8 Å². The van der Waals surface area contributed by atoms with Gasteiger partial charge in [-0.3, -0.25) is 14.6 Å². The summed E-state index contributed by atoms with van der Waals surface area (Å²) in [4.78, 5) is 29.0. The molecule has 2 aromatic heterocycles. The van der Waals surface area contributed by atoms with Crippen molar-refractivity contribution < 1.29 is 23.8 Å². The number of amides is 1. The van der Waals surface area contributed by atoms with Gasteiger partial charge in [0.25, 0.3) is 5.91 Å². The lowest BCUT2D eigenvalue weighted by molar-refractivity contribution is -0.123. The van der Waals surface area contributed by atoms with E-state index in [-0.39, 0.29) is 40.4 Å². The fourth-order valence-corrected chi connectivity index (χ4v) is 3.36. The first-order chi connectivity index (χ1) is 16.0. The standard InChI is InChI=1S/C25H22N2O6/c1-31-18-4-2-17(3-5-18)20-14-33-22-13-19(12-21(28)24(22)25(20)30)32-15-23(29)27-11-8-16-6-9-26-10-7-16/h2-7,9-10,12-14,28H,8,11,15H2,1H3,(H,27,29). The molecule has 8 nitrogen and oxygen atoms in total. The molecule has 0 unspecified atom stereocenters. The molecule has 0 saturated heterocycles. The minimum atomic E-state index is -0.376. The van der Waals surface area contributed by atoms with Gasteiger partial charge < -0.3 is 24.3 Å². The molecule has 0 bridgehead atoms. The van der Waals surface area contributed by atoms with Gasteiger partial charge in [0, 0.05) is 31.1 Å². The largest absolute Gasteiger partial charge is 0.507 e. The minimum absolute atomic E-state index is 0.0393. The predicted molar refractivity (Wildman–Crippen MR) is 123 cm³/mol. The second kappa shape index (κ2) is 9.86. The van der Waals surface area contributed by atoms with E-state index in [0.717, 1.165) is 5.56 Å². The summed E-state index contributed by atoms with van der Waals surface area (Å²) in [5.74, 6) is 0.282. The van der Waals surface area contributed by atoms with E-state index < -0.39 is 0 Å². The predicted octanol–water partition coefficient (Wildman–Crippen LogP) is 3.31. The molecule has 4 aromatic rings. The molecule has 8 heteroatoms. The number of benzene rings is 2. The maximum absolute atomic E-state index is 13.0. The van der Waals surface area contributed by atoms with E-state index >= 15 is 0 Å². The molecule has 0 spiro atoms. The molecule has 33 heavy (non-hydrogen) atoms. The van der Waals surface area contributed by atoms with Crippen LogP contribution in [-0.4, -0.2) is 36.3 Å². The van der Waals surface area contributed by atoms with Crippen molar-refractivity contribution in [1.82, 2.24) is 10.3 Å². The molecule has 0 aliphatic heterocycles. The van der Waals surface area contributed by atoms with Gasteiger partial charge >= 0.3 is 0 Å². The SMILES string of the molecule is COc1ccc(-c2coc3cc(OCC(=O)NCCc4ccncc4)cc(O)c3c2=O)cc1. The highest BCUT2D eigenvalue weighted by Gasteiger charge is 2.15. The molecular formula is C25H22N2O6. The van der Waals surface area contributed by atoms with Crippen LogP contribution in [0, 0.1) is 0 Å². The van der Waals surface area contributed by atoms with Gasteiger partial charge in [-0.1, -0.05) is 12.1 Å². The molecular weight excluding hydrogens is 424 g/mol. The maximum Gasteiger partial charge on any atom is 0.257 e. The summed E-state index contributed by atoms with van der Waals surface area (Å²) in [5.41, 5.74) is 1.79. The van der Waals surface area contributed by atoms with Gasteiger partial charge in [0.1, 0.15) is 34.5 Å². The molecule has 0 aliphatic rings. The zero-order valence-corrected chi connectivity index (χ0v) is 17.9. The Balaban J connectivity index is 1.44. The lowest BCUT2D eigenvalue weighted by atomic mass is 10.0. The first-order valence-electron chi connectivity index (χ1n) is 10.3. The summed E-state index contributed by atoms with van der Waals surface area (Å²) >= 11 is 0. The number of methoxy groups -OCH3 is 1. The van der Waals surface area contributed by atoms with Crippen LogP contribution in [-0.2, 0) is 11.2 Å². The van der Waals surface area contributed by atoms with Crippen molar-refractivity contribution >= 4 is 16.9 Å². The van der Waals surface area contributed by atoms with Gasteiger partial charge in [0.05, 0.1) is 12.7 Å². The Morgan fingerprint density at radius 2 is 1.85 bits per heavy atom. The zero-order valence-electron chi connectivity index (χ0n) is 17.9.